The third kappa shape index (κ3) is 3.03. The first-order valence-electron chi connectivity index (χ1n) is 6.80. The second-order valence-corrected chi connectivity index (χ2v) is 4.87. The summed E-state index contributed by atoms with van der Waals surface area (Å²) in [6, 6.07) is 5.94. The van der Waals surface area contributed by atoms with Gasteiger partial charge in [-0.3, -0.25) is 5.10 Å². The molecule has 7 nitrogen and oxygen atoms in total. The van der Waals surface area contributed by atoms with Crippen LogP contribution in [0.3, 0.4) is 0 Å². The molecule has 3 rings (SSSR count). The Morgan fingerprint density at radius 3 is 3.05 bits per heavy atom. The van der Waals surface area contributed by atoms with Crippen molar-refractivity contribution in [2.75, 3.05) is 32.2 Å². The number of H-pyrrole nitrogens is 1. The van der Waals surface area contributed by atoms with Crippen LogP contribution in [-0.2, 0) is 11.2 Å². The second kappa shape index (κ2) is 5.92. The average Bonchev–Trinajstić information content (AvgIpc) is 3.11. The van der Waals surface area contributed by atoms with Crippen molar-refractivity contribution >= 4 is 11.6 Å². The van der Waals surface area contributed by atoms with E-state index in [1.54, 1.807) is 7.11 Å². The molecule has 0 atom stereocenters. The van der Waals surface area contributed by atoms with Gasteiger partial charge in [-0.25, -0.2) is 4.98 Å². The number of anilines is 1. The van der Waals surface area contributed by atoms with Crippen LogP contribution >= 0.6 is 0 Å². The zero-order valence-corrected chi connectivity index (χ0v) is 12.2. The van der Waals surface area contributed by atoms with Crippen LogP contribution in [0.4, 0.5) is 5.95 Å². The van der Waals surface area contributed by atoms with Crippen LogP contribution in [-0.4, -0.2) is 51.9 Å². The van der Waals surface area contributed by atoms with Gasteiger partial charge in [0.05, 0.1) is 18.7 Å². The zero-order valence-electron chi connectivity index (χ0n) is 12.2. The Bertz CT molecular complexity index is 686. The molecule has 0 unspecified atom stereocenters. The fourth-order valence-electron chi connectivity index (χ4n) is 2.11. The number of hydrogen-bond acceptors (Lipinski definition) is 5. The van der Waals surface area contributed by atoms with Crippen molar-refractivity contribution in [2.45, 2.75) is 6.42 Å². The number of pyridine rings is 1. The van der Waals surface area contributed by atoms with E-state index in [-0.39, 0.29) is 0 Å². The molecule has 110 valence electrons. The Morgan fingerprint density at radius 2 is 2.24 bits per heavy atom. The smallest absolute Gasteiger partial charge is 0.244 e. The SMILES string of the molecule is COCCN(C)c1n[nH]c(Cc2cn3ccccc3n2)n1. The van der Waals surface area contributed by atoms with Crippen LogP contribution in [0.15, 0.2) is 30.6 Å². The molecule has 0 bridgehead atoms. The summed E-state index contributed by atoms with van der Waals surface area (Å²) in [5.41, 5.74) is 1.90. The van der Waals surface area contributed by atoms with Gasteiger partial charge < -0.3 is 14.0 Å². The van der Waals surface area contributed by atoms with Gasteiger partial charge in [0.2, 0.25) is 5.95 Å². The minimum atomic E-state index is 0.632. The van der Waals surface area contributed by atoms with Crippen LogP contribution in [0.5, 0.6) is 0 Å². The summed E-state index contributed by atoms with van der Waals surface area (Å²) in [6.07, 6.45) is 4.62. The predicted octanol–water partition coefficient (Wildman–Crippen LogP) is 1.13. The van der Waals surface area contributed by atoms with Crippen LogP contribution < -0.4 is 4.90 Å². The van der Waals surface area contributed by atoms with Gasteiger partial charge in [0, 0.05) is 33.1 Å². The van der Waals surface area contributed by atoms with Gasteiger partial charge in [-0.1, -0.05) is 6.07 Å². The van der Waals surface area contributed by atoms with E-state index in [1.807, 2.05) is 46.9 Å². The minimum Gasteiger partial charge on any atom is -0.383 e. The Hall–Kier alpha value is -2.41. The molecule has 0 aliphatic heterocycles. The molecule has 0 saturated heterocycles. The molecule has 0 fully saturated rings. The number of nitrogens with zero attached hydrogens (tertiary/aromatic N) is 5. The van der Waals surface area contributed by atoms with E-state index in [4.69, 9.17) is 4.74 Å². The normalized spacial score (nSPS) is 11.1. The quantitative estimate of drug-likeness (QED) is 0.735. The Labute approximate surface area is 122 Å². The second-order valence-electron chi connectivity index (χ2n) is 4.87. The van der Waals surface area contributed by atoms with Crippen LogP contribution in [0, 0.1) is 0 Å². The number of methoxy groups -OCH3 is 1. The maximum absolute atomic E-state index is 5.05. The van der Waals surface area contributed by atoms with Crippen molar-refractivity contribution in [1.82, 2.24) is 24.6 Å². The molecule has 3 heterocycles. The van der Waals surface area contributed by atoms with Crippen LogP contribution in [0.25, 0.3) is 5.65 Å². The summed E-state index contributed by atoms with van der Waals surface area (Å²) in [7, 11) is 3.62. The van der Waals surface area contributed by atoms with Crippen molar-refractivity contribution in [3.8, 4) is 0 Å². The van der Waals surface area contributed by atoms with Gasteiger partial charge in [0.1, 0.15) is 11.5 Å². The van der Waals surface area contributed by atoms with Gasteiger partial charge in [-0.05, 0) is 12.1 Å². The van der Waals surface area contributed by atoms with Crippen molar-refractivity contribution in [3.05, 3.63) is 42.1 Å². The molecule has 0 radical (unpaired) electrons. The van der Waals surface area contributed by atoms with Gasteiger partial charge in [-0.2, -0.15) is 4.98 Å². The third-order valence-corrected chi connectivity index (χ3v) is 3.25. The lowest BCUT2D eigenvalue weighted by molar-refractivity contribution is 0.206. The average molecular weight is 286 g/mol. The van der Waals surface area contributed by atoms with E-state index in [2.05, 4.69) is 20.2 Å². The highest BCUT2D eigenvalue weighted by atomic mass is 16.5. The van der Waals surface area contributed by atoms with E-state index in [9.17, 15) is 0 Å². The van der Waals surface area contributed by atoms with E-state index < -0.39 is 0 Å². The number of aromatic amines is 1. The van der Waals surface area contributed by atoms with E-state index >= 15 is 0 Å². The molecule has 0 saturated carbocycles. The topological polar surface area (TPSA) is 71.3 Å². The monoisotopic (exact) mass is 286 g/mol. The fourth-order valence-corrected chi connectivity index (χ4v) is 2.11. The Balaban J connectivity index is 1.71. The molecule has 3 aromatic heterocycles. The summed E-state index contributed by atoms with van der Waals surface area (Å²) < 4.78 is 7.05. The molecule has 0 aromatic carbocycles. The fraction of sp³-hybridized carbons (Fsp3) is 0.357. The Morgan fingerprint density at radius 1 is 1.33 bits per heavy atom. The number of aromatic nitrogens is 5. The highest BCUT2D eigenvalue weighted by Gasteiger charge is 2.10. The highest BCUT2D eigenvalue weighted by molar-refractivity contribution is 5.40. The van der Waals surface area contributed by atoms with Gasteiger partial charge in [-0.15, -0.1) is 5.10 Å². The molecule has 0 spiro atoms. The van der Waals surface area contributed by atoms with Gasteiger partial charge >= 0.3 is 0 Å². The molecule has 0 aliphatic rings. The maximum Gasteiger partial charge on any atom is 0.244 e. The number of rotatable bonds is 6. The molecular formula is C14H18N6O. The number of nitrogens with one attached hydrogen (secondary N) is 1. The first-order chi connectivity index (χ1) is 10.3. The molecule has 21 heavy (non-hydrogen) atoms. The Kier molecular flexibility index (Phi) is 3.83. The van der Waals surface area contributed by atoms with E-state index in [0.29, 0.717) is 19.0 Å². The first kappa shape index (κ1) is 13.6. The van der Waals surface area contributed by atoms with E-state index in [1.165, 1.54) is 0 Å². The van der Waals surface area contributed by atoms with Crippen molar-refractivity contribution in [1.29, 1.82) is 0 Å². The van der Waals surface area contributed by atoms with Crippen molar-refractivity contribution in [3.63, 3.8) is 0 Å². The number of imidazole rings is 1. The number of ether oxygens (including phenoxy) is 1. The number of hydrogen-bond donors (Lipinski definition) is 1. The zero-order chi connectivity index (χ0) is 14.7. The molecule has 0 amide bonds. The molecule has 7 heteroatoms. The lowest BCUT2D eigenvalue weighted by atomic mass is 10.3. The van der Waals surface area contributed by atoms with Crippen molar-refractivity contribution in [2.24, 2.45) is 0 Å². The first-order valence-corrected chi connectivity index (χ1v) is 6.80. The molecule has 0 aliphatic carbocycles. The summed E-state index contributed by atoms with van der Waals surface area (Å²) >= 11 is 0. The minimum absolute atomic E-state index is 0.632. The molecular weight excluding hydrogens is 268 g/mol. The summed E-state index contributed by atoms with van der Waals surface area (Å²) in [4.78, 5) is 11.0. The van der Waals surface area contributed by atoms with E-state index in [0.717, 1.165) is 23.7 Å². The van der Waals surface area contributed by atoms with Crippen LogP contribution in [0.2, 0.25) is 0 Å². The standard InChI is InChI=1S/C14H18N6O/c1-19(7-8-21-2)14-16-12(17-18-14)9-11-10-20-6-4-3-5-13(20)15-11/h3-6,10H,7-9H2,1-2H3,(H,16,17,18). The largest absolute Gasteiger partial charge is 0.383 e. The lowest BCUT2D eigenvalue weighted by Crippen LogP contribution is -2.23. The molecule has 3 aromatic rings. The van der Waals surface area contributed by atoms with Crippen LogP contribution in [0.1, 0.15) is 11.5 Å². The maximum atomic E-state index is 5.05. The van der Waals surface area contributed by atoms with Gasteiger partial charge in [0.25, 0.3) is 0 Å². The van der Waals surface area contributed by atoms with Gasteiger partial charge in [0.15, 0.2) is 0 Å². The summed E-state index contributed by atoms with van der Waals surface area (Å²) in [5, 5.41) is 7.18. The predicted molar refractivity (Wildman–Crippen MR) is 79.5 cm³/mol. The number of likely N-dealkylation sites (N-methyl/N-ethyl adjacent to an activating group) is 1. The third-order valence-electron chi connectivity index (χ3n) is 3.25. The number of fused-ring (bicyclic) bond motifs is 1. The summed E-state index contributed by atoms with van der Waals surface area (Å²) in [5.74, 6) is 1.48. The molecule has 1 N–H and O–H groups in total. The summed E-state index contributed by atoms with van der Waals surface area (Å²) in [6.45, 7) is 1.40. The van der Waals surface area contributed by atoms with Crippen molar-refractivity contribution < 1.29 is 4.74 Å². The highest BCUT2D eigenvalue weighted by Crippen LogP contribution is 2.10. The lowest BCUT2D eigenvalue weighted by Gasteiger charge is -2.12.